The van der Waals surface area contributed by atoms with E-state index in [1.54, 1.807) is 6.20 Å². The molecule has 1 aromatic carbocycles. The van der Waals surface area contributed by atoms with Crippen LogP contribution < -0.4 is 5.32 Å². The first-order valence-electron chi connectivity index (χ1n) is 8.99. The zero-order valence-electron chi connectivity index (χ0n) is 14.9. The van der Waals surface area contributed by atoms with E-state index in [-0.39, 0.29) is 11.8 Å². The lowest BCUT2D eigenvalue weighted by Crippen LogP contribution is -2.36. The summed E-state index contributed by atoms with van der Waals surface area (Å²) >= 11 is 0. The number of nitrogens with zero attached hydrogens (tertiary/aromatic N) is 3. The number of nitrogens with one attached hydrogen (secondary N) is 1. The molecule has 3 aromatic rings. The quantitative estimate of drug-likeness (QED) is 0.787. The molecule has 5 nitrogen and oxygen atoms in total. The van der Waals surface area contributed by atoms with Gasteiger partial charge in [0.05, 0.1) is 0 Å². The number of piperidine rings is 1. The fourth-order valence-corrected chi connectivity index (χ4v) is 3.42. The van der Waals surface area contributed by atoms with Gasteiger partial charge in [0.2, 0.25) is 5.91 Å². The van der Waals surface area contributed by atoms with Crippen LogP contribution in [-0.4, -0.2) is 40.9 Å². The molecule has 0 saturated carbocycles. The Morgan fingerprint density at radius 2 is 1.92 bits per heavy atom. The predicted molar refractivity (Wildman–Crippen MR) is 104 cm³/mol. The zero-order chi connectivity index (χ0) is 17.9. The molecule has 0 unspecified atom stereocenters. The summed E-state index contributed by atoms with van der Waals surface area (Å²) in [4.78, 5) is 23.4. The second kappa shape index (κ2) is 7.22. The molecule has 3 heterocycles. The van der Waals surface area contributed by atoms with Crippen molar-refractivity contribution in [3.63, 3.8) is 0 Å². The fraction of sp³-hybridized carbons (Fsp3) is 0.286. The zero-order valence-corrected chi connectivity index (χ0v) is 14.9. The summed E-state index contributed by atoms with van der Waals surface area (Å²) < 4.78 is 0. The Labute approximate surface area is 153 Å². The van der Waals surface area contributed by atoms with Crippen molar-refractivity contribution >= 4 is 22.5 Å². The molecule has 1 N–H and O–H groups in total. The lowest BCUT2D eigenvalue weighted by atomic mass is 9.96. The Hall–Kier alpha value is -2.79. The van der Waals surface area contributed by atoms with E-state index in [0.717, 1.165) is 47.8 Å². The Morgan fingerprint density at radius 1 is 1.08 bits per heavy atom. The Kier molecular flexibility index (Phi) is 4.63. The lowest BCUT2D eigenvalue weighted by Gasteiger charge is -2.27. The molecular formula is C21H22N4O. The third-order valence-corrected chi connectivity index (χ3v) is 5.06. The first kappa shape index (κ1) is 16.7. The van der Waals surface area contributed by atoms with Crippen molar-refractivity contribution in [1.82, 2.24) is 14.9 Å². The van der Waals surface area contributed by atoms with E-state index in [1.165, 1.54) is 0 Å². The van der Waals surface area contributed by atoms with Gasteiger partial charge in [0.1, 0.15) is 5.82 Å². The second-order valence-electron chi connectivity index (χ2n) is 6.94. The molecule has 0 atom stereocenters. The molecule has 4 rings (SSSR count). The molecule has 1 fully saturated rings. The van der Waals surface area contributed by atoms with Gasteiger partial charge < -0.3 is 10.2 Å². The van der Waals surface area contributed by atoms with Crippen LogP contribution in [0.5, 0.6) is 0 Å². The maximum atomic E-state index is 12.5. The van der Waals surface area contributed by atoms with Gasteiger partial charge in [-0.25, -0.2) is 4.98 Å². The fourth-order valence-electron chi connectivity index (χ4n) is 3.42. The van der Waals surface area contributed by atoms with Gasteiger partial charge in [-0.05, 0) is 62.1 Å². The summed E-state index contributed by atoms with van der Waals surface area (Å²) in [6.07, 6.45) is 7.24. The van der Waals surface area contributed by atoms with E-state index < -0.39 is 0 Å². The number of benzene rings is 1. The Bertz CT molecular complexity index is 918. The van der Waals surface area contributed by atoms with Gasteiger partial charge in [-0.3, -0.25) is 9.78 Å². The van der Waals surface area contributed by atoms with E-state index >= 15 is 0 Å². The van der Waals surface area contributed by atoms with Crippen molar-refractivity contribution in [2.45, 2.75) is 12.8 Å². The number of hydrogen-bond acceptors (Lipinski definition) is 4. The van der Waals surface area contributed by atoms with Crippen LogP contribution in [0.15, 0.2) is 55.0 Å². The standard InChI is InChI=1S/C21H22N4O/c1-25-9-6-15(7-10-25)21(26)24-20-12-19-11-16(4-5-18(19)14-23-20)17-3-2-8-22-13-17/h2-5,8,11-15H,6-7,9-10H2,1H3,(H,23,24,26). The maximum Gasteiger partial charge on any atom is 0.228 e. The summed E-state index contributed by atoms with van der Waals surface area (Å²) in [6, 6.07) is 12.1. The Morgan fingerprint density at radius 3 is 2.69 bits per heavy atom. The first-order chi connectivity index (χ1) is 12.7. The van der Waals surface area contributed by atoms with E-state index in [9.17, 15) is 4.79 Å². The normalized spacial score (nSPS) is 15.9. The van der Waals surface area contributed by atoms with Gasteiger partial charge in [0.25, 0.3) is 0 Å². The summed E-state index contributed by atoms with van der Waals surface area (Å²) in [5.74, 6) is 0.767. The van der Waals surface area contributed by atoms with Crippen LogP contribution in [0, 0.1) is 5.92 Å². The number of carbonyl (C=O) groups excluding carboxylic acids is 1. The van der Waals surface area contributed by atoms with Gasteiger partial charge in [0.15, 0.2) is 0 Å². The summed E-state index contributed by atoms with van der Waals surface area (Å²) in [7, 11) is 2.10. The van der Waals surface area contributed by atoms with Crippen molar-refractivity contribution in [2.75, 3.05) is 25.5 Å². The molecule has 132 valence electrons. The smallest absolute Gasteiger partial charge is 0.228 e. The number of amides is 1. The van der Waals surface area contributed by atoms with Crippen LogP contribution in [0.3, 0.4) is 0 Å². The van der Waals surface area contributed by atoms with Gasteiger partial charge in [-0.2, -0.15) is 0 Å². The minimum atomic E-state index is 0.0745. The third kappa shape index (κ3) is 3.58. The summed E-state index contributed by atoms with van der Waals surface area (Å²) in [5.41, 5.74) is 2.17. The van der Waals surface area contributed by atoms with Crippen molar-refractivity contribution < 1.29 is 4.79 Å². The van der Waals surface area contributed by atoms with Gasteiger partial charge in [-0.1, -0.05) is 18.2 Å². The first-order valence-corrected chi connectivity index (χ1v) is 8.99. The molecule has 0 spiro atoms. The number of pyridine rings is 2. The van der Waals surface area contributed by atoms with E-state index in [0.29, 0.717) is 5.82 Å². The molecule has 26 heavy (non-hydrogen) atoms. The van der Waals surface area contributed by atoms with E-state index in [4.69, 9.17) is 0 Å². The highest BCUT2D eigenvalue weighted by atomic mass is 16.1. The molecule has 1 saturated heterocycles. The van der Waals surface area contributed by atoms with Crippen LogP contribution in [-0.2, 0) is 4.79 Å². The van der Waals surface area contributed by atoms with Crippen molar-refractivity contribution in [3.8, 4) is 11.1 Å². The largest absolute Gasteiger partial charge is 0.310 e. The predicted octanol–water partition coefficient (Wildman–Crippen LogP) is 3.58. The summed E-state index contributed by atoms with van der Waals surface area (Å²) in [5, 5.41) is 5.10. The maximum absolute atomic E-state index is 12.5. The molecule has 0 bridgehead atoms. The van der Waals surface area contributed by atoms with Gasteiger partial charge >= 0.3 is 0 Å². The lowest BCUT2D eigenvalue weighted by molar-refractivity contribution is -0.121. The number of anilines is 1. The van der Waals surface area contributed by atoms with Crippen LogP contribution in [0.4, 0.5) is 5.82 Å². The van der Waals surface area contributed by atoms with Gasteiger partial charge in [0, 0.05) is 35.5 Å². The van der Waals surface area contributed by atoms with Gasteiger partial charge in [-0.15, -0.1) is 0 Å². The highest BCUT2D eigenvalue weighted by Crippen LogP contribution is 2.25. The average molecular weight is 346 g/mol. The molecule has 1 aliphatic rings. The van der Waals surface area contributed by atoms with Crippen molar-refractivity contribution in [2.24, 2.45) is 5.92 Å². The number of aromatic nitrogens is 2. The Balaban J connectivity index is 1.55. The number of rotatable bonds is 3. The van der Waals surface area contributed by atoms with Crippen molar-refractivity contribution in [3.05, 3.63) is 55.0 Å². The molecule has 2 aromatic heterocycles. The molecule has 0 radical (unpaired) electrons. The third-order valence-electron chi connectivity index (χ3n) is 5.06. The second-order valence-corrected chi connectivity index (χ2v) is 6.94. The SMILES string of the molecule is CN1CCC(C(=O)Nc2cc3cc(-c4cccnc4)ccc3cn2)CC1. The molecular weight excluding hydrogens is 324 g/mol. The number of likely N-dealkylation sites (tertiary alicyclic amines) is 1. The molecule has 5 heteroatoms. The average Bonchev–Trinajstić information content (AvgIpc) is 2.68. The van der Waals surface area contributed by atoms with Crippen LogP contribution in [0.2, 0.25) is 0 Å². The highest BCUT2D eigenvalue weighted by molar-refractivity contribution is 5.95. The van der Waals surface area contributed by atoms with E-state index in [1.807, 2.05) is 36.7 Å². The number of fused-ring (bicyclic) bond motifs is 1. The minimum Gasteiger partial charge on any atom is -0.310 e. The summed E-state index contributed by atoms with van der Waals surface area (Å²) in [6.45, 7) is 1.94. The van der Waals surface area contributed by atoms with Crippen molar-refractivity contribution in [1.29, 1.82) is 0 Å². The molecule has 1 amide bonds. The molecule has 1 aliphatic heterocycles. The monoisotopic (exact) mass is 346 g/mol. The number of hydrogen-bond donors (Lipinski definition) is 1. The van der Waals surface area contributed by atoms with Crippen LogP contribution in [0.25, 0.3) is 21.9 Å². The topological polar surface area (TPSA) is 58.1 Å². The van der Waals surface area contributed by atoms with Crippen LogP contribution in [0.1, 0.15) is 12.8 Å². The van der Waals surface area contributed by atoms with Crippen LogP contribution >= 0.6 is 0 Å². The minimum absolute atomic E-state index is 0.0745. The number of carbonyl (C=O) groups is 1. The van der Waals surface area contributed by atoms with E-state index in [2.05, 4.69) is 39.4 Å². The molecule has 0 aliphatic carbocycles. The highest BCUT2D eigenvalue weighted by Gasteiger charge is 2.23.